The number of halogens is 4. The SMILES string of the molecule is COc1ccc2c(OCc3nnc4ccc(-c5ccc(F)c(C(F)(F)F)n5)cn34)ccnc2c1. The largest absolute Gasteiger partial charge is 0.497 e. The standard InChI is InChI=1S/C23H15F4N5O2/c1-33-14-3-4-15-18(10-14)28-9-8-19(15)34-12-21-31-30-20-7-2-13(11-32(20)21)17-6-5-16(24)22(29-17)23(25,26)27/h2-11H,12H2,1H3. The predicted molar refractivity (Wildman–Crippen MR) is 114 cm³/mol. The Hall–Kier alpha value is -4.28. The Morgan fingerprint density at radius 1 is 1.00 bits per heavy atom. The number of aromatic nitrogens is 5. The minimum Gasteiger partial charge on any atom is -0.497 e. The van der Waals surface area contributed by atoms with Crippen molar-refractivity contribution in [3.05, 3.63) is 78.3 Å². The van der Waals surface area contributed by atoms with Crippen LogP contribution in [0, 0.1) is 5.82 Å². The molecule has 7 nitrogen and oxygen atoms in total. The lowest BCUT2D eigenvalue weighted by Gasteiger charge is -2.10. The number of fused-ring (bicyclic) bond motifs is 2. The Bertz CT molecular complexity index is 1520. The van der Waals surface area contributed by atoms with Crippen LogP contribution in [0.15, 0.2) is 60.9 Å². The van der Waals surface area contributed by atoms with E-state index in [1.54, 1.807) is 48.0 Å². The second-order valence-corrected chi connectivity index (χ2v) is 7.27. The first-order chi connectivity index (χ1) is 16.3. The zero-order valence-corrected chi connectivity index (χ0v) is 17.5. The Morgan fingerprint density at radius 3 is 2.65 bits per heavy atom. The third-order valence-electron chi connectivity index (χ3n) is 5.15. The summed E-state index contributed by atoms with van der Waals surface area (Å²) >= 11 is 0. The van der Waals surface area contributed by atoms with Crippen LogP contribution < -0.4 is 9.47 Å². The highest BCUT2D eigenvalue weighted by Crippen LogP contribution is 2.32. The number of hydrogen-bond acceptors (Lipinski definition) is 6. The van der Waals surface area contributed by atoms with Gasteiger partial charge in [-0.3, -0.25) is 9.38 Å². The Morgan fingerprint density at radius 2 is 1.85 bits per heavy atom. The molecule has 5 rings (SSSR count). The number of rotatable bonds is 5. The van der Waals surface area contributed by atoms with Gasteiger partial charge in [-0.1, -0.05) is 0 Å². The lowest BCUT2D eigenvalue weighted by molar-refractivity contribution is -0.143. The second-order valence-electron chi connectivity index (χ2n) is 7.27. The zero-order chi connectivity index (χ0) is 23.9. The topological polar surface area (TPSA) is 74.4 Å². The normalized spacial score (nSPS) is 11.8. The molecule has 0 unspecified atom stereocenters. The highest BCUT2D eigenvalue weighted by Gasteiger charge is 2.36. The average Bonchev–Trinajstić information content (AvgIpc) is 3.24. The highest BCUT2D eigenvalue weighted by atomic mass is 19.4. The van der Waals surface area contributed by atoms with Gasteiger partial charge in [-0.15, -0.1) is 10.2 Å². The molecule has 0 bridgehead atoms. The molecule has 1 aromatic carbocycles. The van der Waals surface area contributed by atoms with Crippen LogP contribution in [0.25, 0.3) is 27.8 Å². The van der Waals surface area contributed by atoms with Gasteiger partial charge >= 0.3 is 6.18 Å². The van der Waals surface area contributed by atoms with E-state index < -0.39 is 17.7 Å². The van der Waals surface area contributed by atoms with Crippen LogP contribution in [0.3, 0.4) is 0 Å². The van der Waals surface area contributed by atoms with Crippen LogP contribution in [0.5, 0.6) is 11.5 Å². The smallest absolute Gasteiger partial charge is 0.436 e. The van der Waals surface area contributed by atoms with Crippen molar-refractivity contribution in [3.63, 3.8) is 0 Å². The molecule has 0 aliphatic carbocycles. The van der Waals surface area contributed by atoms with Crippen molar-refractivity contribution in [1.29, 1.82) is 0 Å². The summed E-state index contributed by atoms with van der Waals surface area (Å²) in [6, 6.07) is 12.2. The van der Waals surface area contributed by atoms with Crippen LogP contribution >= 0.6 is 0 Å². The van der Waals surface area contributed by atoms with Crippen molar-refractivity contribution in [2.45, 2.75) is 12.8 Å². The molecule has 4 aromatic heterocycles. The van der Waals surface area contributed by atoms with Gasteiger partial charge in [0.2, 0.25) is 0 Å². The van der Waals surface area contributed by atoms with Gasteiger partial charge in [0.15, 0.2) is 23.0 Å². The van der Waals surface area contributed by atoms with E-state index in [9.17, 15) is 17.6 Å². The van der Waals surface area contributed by atoms with Crippen molar-refractivity contribution in [3.8, 4) is 22.8 Å². The van der Waals surface area contributed by atoms with Crippen molar-refractivity contribution < 1.29 is 27.0 Å². The van der Waals surface area contributed by atoms with Gasteiger partial charge in [0.05, 0.1) is 18.3 Å². The maximum absolute atomic E-state index is 13.6. The maximum atomic E-state index is 13.6. The minimum atomic E-state index is -4.91. The number of alkyl halides is 3. The fraction of sp³-hybridized carbons (Fsp3) is 0.130. The van der Waals surface area contributed by atoms with Crippen molar-refractivity contribution in [2.24, 2.45) is 0 Å². The number of nitrogens with zero attached hydrogens (tertiary/aromatic N) is 5. The fourth-order valence-electron chi connectivity index (χ4n) is 3.49. The van der Waals surface area contributed by atoms with Crippen molar-refractivity contribution in [1.82, 2.24) is 24.6 Å². The number of ether oxygens (including phenoxy) is 2. The molecule has 0 fully saturated rings. The number of benzene rings is 1. The summed E-state index contributed by atoms with van der Waals surface area (Å²) in [6.07, 6.45) is -1.77. The van der Waals surface area contributed by atoms with Gasteiger partial charge in [0.25, 0.3) is 0 Å². The first kappa shape index (κ1) is 21.6. The first-order valence-electron chi connectivity index (χ1n) is 9.97. The molecular formula is C23H15F4N5O2. The third kappa shape index (κ3) is 3.96. The lowest BCUT2D eigenvalue weighted by Crippen LogP contribution is -2.11. The second kappa shape index (κ2) is 8.25. The van der Waals surface area contributed by atoms with E-state index in [1.807, 2.05) is 6.07 Å². The molecule has 0 N–H and O–H groups in total. The predicted octanol–water partition coefficient (Wildman–Crippen LogP) is 5.09. The fourth-order valence-corrected chi connectivity index (χ4v) is 3.49. The van der Waals surface area contributed by atoms with Gasteiger partial charge in [-0.25, -0.2) is 9.37 Å². The quantitative estimate of drug-likeness (QED) is 0.334. The molecule has 0 saturated carbocycles. The van der Waals surface area contributed by atoms with Crippen molar-refractivity contribution >= 4 is 16.6 Å². The Labute approximate surface area is 189 Å². The molecule has 5 aromatic rings. The average molecular weight is 469 g/mol. The molecule has 0 saturated heterocycles. The van der Waals surface area contributed by atoms with Crippen LogP contribution in [0.2, 0.25) is 0 Å². The van der Waals surface area contributed by atoms with Crippen LogP contribution in [-0.4, -0.2) is 31.7 Å². The van der Waals surface area contributed by atoms with Crippen LogP contribution in [0.4, 0.5) is 17.6 Å². The summed E-state index contributed by atoms with van der Waals surface area (Å²) in [4.78, 5) is 7.79. The van der Waals surface area contributed by atoms with E-state index in [2.05, 4.69) is 20.2 Å². The van der Waals surface area contributed by atoms with Gasteiger partial charge in [-0.05, 0) is 42.5 Å². The van der Waals surface area contributed by atoms with E-state index >= 15 is 0 Å². The summed E-state index contributed by atoms with van der Waals surface area (Å²) in [5.41, 5.74) is -0.123. The molecule has 0 radical (unpaired) electrons. The number of methoxy groups -OCH3 is 1. The molecule has 34 heavy (non-hydrogen) atoms. The molecule has 0 aliphatic heterocycles. The van der Waals surface area contributed by atoms with Gasteiger partial charge in [-0.2, -0.15) is 13.2 Å². The third-order valence-corrected chi connectivity index (χ3v) is 5.15. The molecule has 0 atom stereocenters. The molecular weight excluding hydrogens is 454 g/mol. The number of hydrogen-bond donors (Lipinski definition) is 0. The van der Waals surface area contributed by atoms with E-state index in [4.69, 9.17) is 9.47 Å². The van der Waals surface area contributed by atoms with E-state index in [-0.39, 0.29) is 12.3 Å². The van der Waals surface area contributed by atoms with Crippen LogP contribution in [-0.2, 0) is 12.8 Å². The summed E-state index contributed by atoms with van der Waals surface area (Å²) < 4.78 is 65.6. The van der Waals surface area contributed by atoms with Gasteiger partial charge < -0.3 is 9.47 Å². The molecule has 0 spiro atoms. The van der Waals surface area contributed by atoms with E-state index in [1.165, 1.54) is 12.3 Å². The summed E-state index contributed by atoms with van der Waals surface area (Å²) in [5, 5.41) is 8.95. The summed E-state index contributed by atoms with van der Waals surface area (Å²) in [5.74, 6) is 0.207. The monoisotopic (exact) mass is 469 g/mol. The first-order valence-corrected chi connectivity index (χ1v) is 9.97. The zero-order valence-electron chi connectivity index (χ0n) is 17.5. The molecule has 0 aliphatic rings. The van der Waals surface area contributed by atoms with Gasteiger partial charge in [0, 0.05) is 29.4 Å². The Balaban J connectivity index is 1.46. The maximum Gasteiger partial charge on any atom is 0.436 e. The molecule has 4 heterocycles. The van der Waals surface area contributed by atoms with E-state index in [0.717, 1.165) is 11.5 Å². The van der Waals surface area contributed by atoms with Crippen molar-refractivity contribution in [2.75, 3.05) is 7.11 Å². The van der Waals surface area contributed by atoms with Gasteiger partial charge in [0.1, 0.15) is 18.1 Å². The summed E-state index contributed by atoms with van der Waals surface area (Å²) in [6.45, 7) is 0.0282. The molecule has 11 heteroatoms. The lowest BCUT2D eigenvalue weighted by atomic mass is 10.1. The van der Waals surface area contributed by atoms with Crippen LogP contribution in [0.1, 0.15) is 11.5 Å². The molecule has 0 amide bonds. The Kier molecular flexibility index (Phi) is 5.23. The summed E-state index contributed by atoms with van der Waals surface area (Å²) in [7, 11) is 1.57. The highest BCUT2D eigenvalue weighted by molar-refractivity contribution is 5.85. The number of pyridine rings is 3. The molecule has 172 valence electrons. The van der Waals surface area contributed by atoms with E-state index in [0.29, 0.717) is 34.1 Å². The minimum absolute atomic E-state index is 0.0282.